The van der Waals surface area contributed by atoms with Gasteiger partial charge in [-0.1, -0.05) is 0 Å². The maximum atomic E-state index is 12.9. The molecule has 1 aliphatic heterocycles. The van der Waals surface area contributed by atoms with E-state index in [4.69, 9.17) is 10.5 Å². The Labute approximate surface area is 112 Å². The average molecular weight is 266 g/mol. The Morgan fingerprint density at radius 2 is 2.26 bits per heavy atom. The highest BCUT2D eigenvalue weighted by molar-refractivity contribution is 5.99. The van der Waals surface area contributed by atoms with Crippen LogP contribution in [0.3, 0.4) is 0 Å². The second kappa shape index (κ2) is 5.17. The third-order valence-corrected chi connectivity index (χ3v) is 3.29. The Balaban J connectivity index is 2.04. The lowest BCUT2D eigenvalue weighted by molar-refractivity contribution is -0.0615. The van der Waals surface area contributed by atoms with Crippen molar-refractivity contribution in [3.8, 4) is 0 Å². The number of rotatable bonds is 2. The van der Waals surface area contributed by atoms with Gasteiger partial charge < -0.3 is 15.8 Å². The number of ether oxygens (including phenoxy) is 1. The van der Waals surface area contributed by atoms with E-state index in [0.29, 0.717) is 12.2 Å². The summed E-state index contributed by atoms with van der Waals surface area (Å²) < 4.78 is 18.5. The van der Waals surface area contributed by atoms with Gasteiger partial charge in [-0.2, -0.15) is 0 Å². The fourth-order valence-corrected chi connectivity index (χ4v) is 2.36. The van der Waals surface area contributed by atoms with Crippen molar-refractivity contribution in [2.24, 2.45) is 0 Å². The lowest BCUT2D eigenvalue weighted by Crippen LogP contribution is -2.45. The summed E-state index contributed by atoms with van der Waals surface area (Å²) in [6.07, 6.45) is 1.52. The summed E-state index contributed by atoms with van der Waals surface area (Å²) in [6, 6.07) is 3.85. The van der Waals surface area contributed by atoms with Gasteiger partial charge in [0.2, 0.25) is 0 Å². The summed E-state index contributed by atoms with van der Waals surface area (Å²) in [5.41, 5.74) is 5.89. The highest BCUT2D eigenvalue weighted by atomic mass is 19.1. The summed E-state index contributed by atoms with van der Waals surface area (Å²) in [4.78, 5) is 12.1. The second-order valence-corrected chi connectivity index (χ2v) is 5.50. The third-order valence-electron chi connectivity index (χ3n) is 3.29. The molecule has 0 radical (unpaired) electrons. The van der Waals surface area contributed by atoms with Crippen LogP contribution in [0.1, 0.15) is 37.0 Å². The number of nitrogen functional groups attached to an aromatic ring is 1. The Morgan fingerprint density at radius 3 is 2.89 bits per heavy atom. The number of hydrogen-bond donors (Lipinski definition) is 2. The monoisotopic (exact) mass is 266 g/mol. The minimum atomic E-state index is -0.443. The molecule has 19 heavy (non-hydrogen) atoms. The number of benzene rings is 1. The molecule has 0 bridgehead atoms. The highest BCUT2D eigenvalue weighted by Crippen LogP contribution is 2.24. The number of anilines is 1. The van der Waals surface area contributed by atoms with Crippen molar-refractivity contribution in [1.82, 2.24) is 5.32 Å². The molecule has 1 saturated heterocycles. The first-order valence-electron chi connectivity index (χ1n) is 6.37. The highest BCUT2D eigenvalue weighted by Gasteiger charge is 2.30. The van der Waals surface area contributed by atoms with Crippen LogP contribution >= 0.6 is 0 Å². The molecule has 4 nitrogen and oxygen atoms in total. The van der Waals surface area contributed by atoms with Crippen molar-refractivity contribution in [2.75, 3.05) is 12.3 Å². The number of amides is 1. The molecule has 0 aromatic heterocycles. The Hall–Kier alpha value is -1.62. The van der Waals surface area contributed by atoms with Crippen molar-refractivity contribution < 1.29 is 13.9 Å². The topological polar surface area (TPSA) is 64.4 Å². The zero-order chi connectivity index (χ0) is 14.0. The molecule has 0 saturated carbocycles. The van der Waals surface area contributed by atoms with Crippen LogP contribution in [0, 0.1) is 5.82 Å². The van der Waals surface area contributed by atoms with Crippen LogP contribution in [-0.4, -0.2) is 24.2 Å². The van der Waals surface area contributed by atoms with E-state index in [2.05, 4.69) is 5.32 Å². The van der Waals surface area contributed by atoms with E-state index < -0.39 is 5.82 Å². The van der Waals surface area contributed by atoms with Crippen LogP contribution in [0.15, 0.2) is 18.2 Å². The van der Waals surface area contributed by atoms with Gasteiger partial charge in [-0.05, 0) is 44.9 Å². The van der Waals surface area contributed by atoms with Gasteiger partial charge in [0.25, 0.3) is 5.91 Å². The molecule has 104 valence electrons. The first-order chi connectivity index (χ1) is 8.87. The molecule has 1 amide bonds. The Kier molecular flexibility index (Phi) is 3.75. The molecule has 1 aliphatic rings. The predicted molar refractivity (Wildman–Crippen MR) is 71.3 cm³/mol. The van der Waals surface area contributed by atoms with Crippen LogP contribution in [0.4, 0.5) is 10.1 Å². The van der Waals surface area contributed by atoms with Crippen LogP contribution in [0.5, 0.6) is 0 Å². The number of hydrogen-bond acceptors (Lipinski definition) is 3. The maximum absolute atomic E-state index is 12.9. The van der Waals surface area contributed by atoms with Gasteiger partial charge in [0.15, 0.2) is 0 Å². The maximum Gasteiger partial charge on any atom is 0.253 e. The molecule has 1 atom stereocenters. The van der Waals surface area contributed by atoms with Gasteiger partial charge in [-0.3, -0.25) is 4.79 Å². The Morgan fingerprint density at radius 1 is 1.53 bits per heavy atom. The fraction of sp³-hybridized carbons (Fsp3) is 0.500. The third kappa shape index (κ3) is 3.44. The summed E-state index contributed by atoms with van der Waals surface area (Å²) in [7, 11) is 0. The quantitative estimate of drug-likeness (QED) is 0.806. The standard InChI is InChI=1S/C14H19FN2O2/c1-14(2)8-10(5-6-19-14)17-13(18)11-4-3-9(15)7-12(11)16/h3-4,7,10H,5-6,8,16H2,1-2H3,(H,17,18). The van der Waals surface area contributed by atoms with Crippen molar-refractivity contribution in [1.29, 1.82) is 0 Å². The molecule has 3 N–H and O–H groups in total. The van der Waals surface area contributed by atoms with Crippen molar-refractivity contribution >= 4 is 11.6 Å². The molecule has 5 heteroatoms. The summed E-state index contributed by atoms with van der Waals surface area (Å²) in [6.45, 7) is 4.62. The van der Waals surface area contributed by atoms with Crippen molar-refractivity contribution in [3.63, 3.8) is 0 Å². The Bertz CT molecular complexity index is 488. The van der Waals surface area contributed by atoms with Gasteiger partial charge in [-0.15, -0.1) is 0 Å². The molecular weight excluding hydrogens is 247 g/mol. The van der Waals surface area contributed by atoms with E-state index in [9.17, 15) is 9.18 Å². The molecule has 0 spiro atoms. The van der Waals surface area contributed by atoms with E-state index in [1.165, 1.54) is 12.1 Å². The van der Waals surface area contributed by atoms with Crippen LogP contribution in [0.2, 0.25) is 0 Å². The normalized spacial score (nSPS) is 21.9. The minimum absolute atomic E-state index is 0.0562. The first-order valence-corrected chi connectivity index (χ1v) is 6.37. The molecule has 1 heterocycles. The van der Waals surface area contributed by atoms with Gasteiger partial charge in [0, 0.05) is 18.3 Å². The number of carbonyl (C=O) groups excluding carboxylic acids is 1. The molecular formula is C14H19FN2O2. The second-order valence-electron chi connectivity index (χ2n) is 5.50. The minimum Gasteiger partial charge on any atom is -0.398 e. The van der Waals surface area contributed by atoms with Crippen molar-refractivity contribution in [2.45, 2.75) is 38.3 Å². The smallest absolute Gasteiger partial charge is 0.253 e. The molecule has 1 unspecified atom stereocenters. The summed E-state index contributed by atoms with van der Waals surface area (Å²) >= 11 is 0. The predicted octanol–water partition coefficient (Wildman–Crippen LogP) is 2.10. The number of nitrogens with two attached hydrogens (primary N) is 1. The van der Waals surface area contributed by atoms with Crippen LogP contribution < -0.4 is 11.1 Å². The van der Waals surface area contributed by atoms with Gasteiger partial charge in [0.05, 0.1) is 11.2 Å². The van der Waals surface area contributed by atoms with E-state index >= 15 is 0 Å². The van der Waals surface area contributed by atoms with Crippen LogP contribution in [-0.2, 0) is 4.74 Å². The largest absolute Gasteiger partial charge is 0.398 e. The van der Waals surface area contributed by atoms with Crippen molar-refractivity contribution in [3.05, 3.63) is 29.6 Å². The first kappa shape index (κ1) is 13.8. The zero-order valence-corrected chi connectivity index (χ0v) is 11.2. The average Bonchev–Trinajstić information content (AvgIpc) is 2.27. The molecule has 1 aromatic rings. The van der Waals surface area contributed by atoms with Gasteiger partial charge >= 0.3 is 0 Å². The van der Waals surface area contributed by atoms with Gasteiger partial charge in [-0.25, -0.2) is 4.39 Å². The van der Waals surface area contributed by atoms with E-state index in [1.807, 2.05) is 13.8 Å². The molecule has 1 fully saturated rings. The lowest BCUT2D eigenvalue weighted by atomic mass is 9.93. The van der Waals surface area contributed by atoms with Gasteiger partial charge in [0.1, 0.15) is 5.82 Å². The van der Waals surface area contributed by atoms with Crippen LogP contribution in [0.25, 0.3) is 0 Å². The molecule has 0 aliphatic carbocycles. The zero-order valence-electron chi connectivity index (χ0n) is 11.2. The summed E-state index contributed by atoms with van der Waals surface area (Å²) in [5, 5.41) is 2.93. The SMILES string of the molecule is CC1(C)CC(NC(=O)c2ccc(F)cc2N)CCO1. The number of carbonyl (C=O) groups is 1. The number of nitrogens with one attached hydrogen (secondary N) is 1. The summed E-state index contributed by atoms with van der Waals surface area (Å²) in [5.74, 6) is -0.707. The van der Waals surface area contributed by atoms with E-state index in [0.717, 1.165) is 18.9 Å². The fourth-order valence-electron chi connectivity index (χ4n) is 2.36. The lowest BCUT2D eigenvalue weighted by Gasteiger charge is -2.35. The number of halogens is 1. The molecule has 2 rings (SSSR count). The molecule has 1 aromatic carbocycles. The van der Waals surface area contributed by atoms with E-state index in [1.54, 1.807) is 0 Å². The van der Waals surface area contributed by atoms with E-state index in [-0.39, 0.29) is 23.2 Å².